The summed E-state index contributed by atoms with van der Waals surface area (Å²) < 4.78 is 1.66. The van der Waals surface area contributed by atoms with Gasteiger partial charge in [0.2, 0.25) is 5.91 Å². The maximum absolute atomic E-state index is 13.0. The third-order valence-corrected chi connectivity index (χ3v) is 5.26. The zero-order valence-electron chi connectivity index (χ0n) is 18.7. The Bertz CT molecular complexity index is 1020. The molecule has 8 heteroatoms. The summed E-state index contributed by atoms with van der Waals surface area (Å²) in [5.74, 6) is -0.387. The van der Waals surface area contributed by atoms with Crippen LogP contribution in [-0.2, 0) is 17.6 Å². The number of benzene rings is 2. The molecule has 1 heterocycles. The number of aromatic nitrogens is 1. The number of rotatable bonds is 8. The number of hydrogen-bond donors (Lipinski definition) is 1. The molecule has 2 N–H and O–H groups in total. The van der Waals surface area contributed by atoms with Gasteiger partial charge in [-0.25, -0.2) is 0 Å². The number of hydrogen-bond acceptors (Lipinski definition) is 4. The van der Waals surface area contributed by atoms with E-state index in [-0.39, 0.29) is 43.2 Å². The van der Waals surface area contributed by atoms with Crippen LogP contribution in [-0.4, -0.2) is 66.5 Å². The van der Waals surface area contributed by atoms with Gasteiger partial charge >= 0.3 is 0 Å². The van der Waals surface area contributed by atoms with E-state index < -0.39 is 6.04 Å². The summed E-state index contributed by atoms with van der Waals surface area (Å²) in [6.07, 6.45) is 3.20. The molecule has 0 fully saturated rings. The summed E-state index contributed by atoms with van der Waals surface area (Å²) >= 11 is 0. The summed E-state index contributed by atoms with van der Waals surface area (Å²) in [5, 5.41) is 1.07. The zero-order valence-corrected chi connectivity index (χ0v) is 20.4. The van der Waals surface area contributed by atoms with Crippen LogP contribution < -0.4 is 5.73 Å². The van der Waals surface area contributed by atoms with Crippen molar-refractivity contribution in [3.05, 3.63) is 71.9 Å². The van der Waals surface area contributed by atoms with Crippen molar-refractivity contribution in [2.24, 2.45) is 5.73 Å². The Hall–Kier alpha value is -2.38. The molecule has 0 aliphatic carbocycles. The molecule has 1 aromatic heterocycles. The fraction of sp³-hybridized carbons (Fsp3) is 0.333. The van der Waals surface area contributed by atoms with Crippen molar-refractivity contribution >= 4 is 47.5 Å². The van der Waals surface area contributed by atoms with E-state index in [1.54, 1.807) is 11.6 Å². The first kappa shape index (κ1) is 27.7. The second-order valence-electron chi connectivity index (χ2n) is 7.98. The van der Waals surface area contributed by atoms with Crippen LogP contribution in [0.3, 0.4) is 0 Å². The summed E-state index contributed by atoms with van der Waals surface area (Å²) in [5.41, 5.74) is 9.11. The molecule has 0 radical (unpaired) electrons. The summed E-state index contributed by atoms with van der Waals surface area (Å²) in [7, 11) is 5.69. The second-order valence-corrected chi connectivity index (χ2v) is 7.98. The minimum atomic E-state index is -0.678. The van der Waals surface area contributed by atoms with Crippen LogP contribution in [0.5, 0.6) is 0 Å². The number of amides is 1. The number of nitrogens with two attached hydrogens (primary N) is 1. The van der Waals surface area contributed by atoms with Crippen molar-refractivity contribution in [2.75, 3.05) is 34.2 Å². The van der Waals surface area contributed by atoms with Gasteiger partial charge in [-0.1, -0.05) is 48.5 Å². The molecular weight excluding hydrogens is 447 g/mol. The lowest BCUT2D eigenvalue weighted by Gasteiger charge is -2.21. The van der Waals surface area contributed by atoms with Gasteiger partial charge in [0, 0.05) is 25.2 Å². The van der Waals surface area contributed by atoms with Gasteiger partial charge in [-0.15, -0.1) is 24.8 Å². The van der Waals surface area contributed by atoms with Crippen LogP contribution in [0.25, 0.3) is 10.9 Å². The maximum Gasteiger partial charge on any atom is 0.250 e. The highest BCUT2D eigenvalue weighted by atomic mass is 35.5. The summed E-state index contributed by atoms with van der Waals surface area (Å²) in [6.45, 7) is 0.877. The molecule has 32 heavy (non-hydrogen) atoms. The maximum atomic E-state index is 13.0. The number of nitrogens with zero attached hydrogens (tertiary/aromatic N) is 3. The Morgan fingerprint density at radius 2 is 1.59 bits per heavy atom. The molecule has 0 aliphatic heterocycles. The molecule has 0 saturated carbocycles. The Labute approximate surface area is 202 Å². The van der Waals surface area contributed by atoms with Crippen LogP contribution in [0.2, 0.25) is 0 Å². The van der Waals surface area contributed by atoms with E-state index in [0.717, 1.165) is 35.0 Å². The SMILES string of the molecule is CN(C)CCc1cn(C(=O)CN(C)C(=O)[C@H](N)Cc2ccccc2)c2ccccc12.Cl.Cl. The number of fused-ring (bicyclic) bond motifs is 1. The van der Waals surface area contributed by atoms with Crippen molar-refractivity contribution in [1.82, 2.24) is 14.4 Å². The highest BCUT2D eigenvalue weighted by Gasteiger charge is 2.22. The molecular formula is C24H32Cl2N4O2. The molecule has 3 aromatic rings. The van der Waals surface area contributed by atoms with Gasteiger partial charge in [-0.05, 0) is 44.1 Å². The van der Waals surface area contributed by atoms with Gasteiger partial charge in [-0.3, -0.25) is 14.2 Å². The molecule has 0 bridgehead atoms. The normalized spacial score (nSPS) is 11.5. The van der Waals surface area contributed by atoms with E-state index in [4.69, 9.17) is 5.73 Å². The van der Waals surface area contributed by atoms with Crippen molar-refractivity contribution in [2.45, 2.75) is 18.9 Å². The molecule has 2 aromatic carbocycles. The molecule has 0 saturated heterocycles. The van der Waals surface area contributed by atoms with Gasteiger partial charge in [0.05, 0.1) is 11.6 Å². The highest BCUT2D eigenvalue weighted by Crippen LogP contribution is 2.22. The third-order valence-electron chi connectivity index (χ3n) is 5.26. The van der Waals surface area contributed by atoms with Crippen LogP contribution in [0.1, 0.15) is 15.9 Å². The average Bonchev–Trinajstić information content (AvgIpc) is 3.11. The van der Waals surface area contributed by atoms with E-state index in [2.05, 4.69) is 4.90 Å². The van der Waals surface area contributed by atoms with Gasteiger partial charge in [-0.2, -0.15) is 0 Å². The lowest BCUT2D eigenvalue weighted by molar-refractivity contribution is -0.130. The number of halogens is 2. The predicted octanol–water partition coefficient (Wildman–Crippen LogP) is 3.26. The lowest BCUT2D eigenvalue weighted by Crippen LogP contribution is -2.45. The minimum absolute atomic E-state index is 0. The van der Waals surface area contributed by atoms with Gasteiger partial charge in [0.15, 0.2) is 0 Å². The van der Waals surface area contributed by atoms with E-state index in [1.165, 1.54) is 4.90 Å². The fourth-order valence-corrected chi connectivity index (χ4v) is 3.60. The smallest absolute Gasteiger partial charge is 0.250 e. The Balaban J connectivity index is 0.00000256. The first-order chi connectivity index (χ1) is 14.4. The standard InChI is InChI=1S/C24H30N4O2.2ClH/c1-26(2)14-13-19-16-28(22-12-8-7-11-20(19)22)23(29)17-27(3)24(30)21(25)15-18-9-5-4-6-10-18;;/h4-12,16,21H,13-15,17,25H2,1-3H3;2*1H/t21-;;/m1../s1. The molecule has 3 rings (SSSR count). The Morgan fingerprint density at radius 3 is 2.25 bits per heavy atom. The topological polar surface area (TPSA) is 71.6 Å². The van der Waals surface area contributed by atoms with Crippen molar-refractivity contribution in [1.29, 1.82) is 0 Å². The van der Waals surface area contributed by atoms with Crippen LogP contribution in [0.15, 0.2) is 60.8 Å². The van der Waals surface area contributed by atoms with E-state index >= 15 is 0 Å². The molecule has 6 nitrogen and oxygen atoms in total. The van der Waals surface area contributed by atoms with Gasteiger partial charge < -0.3 is 15.5 Å². The first-order valence-electron chi connectivity index (χ1n) is 10.2. The van der Waals surface area contributed by atoms with E-state index in [1.807, 2.05) is 74.9 Å². The summed E-state index contributed by atoms with van der Waals surface area (Å²) in [6, 6.07) is 16.9. The monoisotopic (exact) mass is 478 g/mol. The van der Waals surface area contributed by atoms with Crippen LogP contribution >= 0.6 is 24.8 Å². The van der Waals surface area contributed by atoms with Gasteiger partial charge in [0.1, 0.15) is 6.54 Å². The number of carbonyl (C=O) groups is 2. The predicted molar refractivity (Wildman–Crippen MR) is 135 cm³/mol. The van der Waals surface area contributed by atoms with E-state index in [9.17, 15) is 9.59 Å². The summed E-state index contributed by atoms with van der Waals surface area (Å²) in [4.78, 5) is 29.3. The third kappa shape index (κ3) is 6.81. The molecule has 0 spiro atoms. The van der Waals surface area contributed by atoms with Crippen molar-refractivity contribution < 1.29 is 9.59 Å². The minimum Gasteiger partial charge on any atom is -0.335 e. The molecule has 1 atom stereocenters. The Kier molecular flexibility index (Phi) is 10.9. The molecule has 174 valence electrons. The number of carbonyl (C=O) groups excluding carboxylic acids is 2. The van der Waals surface area contributed by atoms with Crippen molar-refractivity contribution in [3.8, 4) is 0 Å². The quantitative estimate of drug-likeness (QED) is 0.539. The molecule has 1 amide bonds. The fourth-order valence-electron chi connectivity index (χ4n) is 3.60. The largest absolute Gasteiger partial charge is 0.335 e. The Morgan fingerprint density at radius 1 is 0.969 bits per heavy atom. The first-order valence-corrected chi connectivity index (χ1v) is 10.2. The number of para-hydroxylation sites is 1. The van der Waals surface area contributed by atoms with Crippen LogP contribution in [0.4, 0.5) is 0 Å². The van der Waals surface area contributed by atoms with Crippen molar-refractivity contribution in [3.63, 3.8) is 0 Å². The molecule has 0 unspecified atom stereocenters. The highest BCUT2D eigenvalue weighted by molar-refractivity contribution is 5.96. The lowest BCUT2D eigenvalue weighted by atomic mass is 10.1. The molecule has 0 aliphatic rings. The zero-order chi connectivity index (χ0) is 21.7. The number of likely N-dealkylation sites (N-methyl/N-ethyl adjacent to an activating group) is 2. The van der Waals surface area contributed by atoms with E-state index in [0.29, 0.717) is 6.42 Å². The average molecular weight is 479 g/mol. The van der Waals surface area contributed by atoms with Gasteiger partial charge in [0.25, 0.3) is 5.91 Å². The van der Waals surface area contributed by atoms with Crippen LogP contribution in [0, 0.1) is 0 Å². The second kappa shape index (κ2) is 12.6.